The van der Waals surface area contributed by atoms with Gasteiger partial charge in [-0.2, -0.15) is 18.4 Å². The standard InChI is InChI=1S/C13H14N2O4S2/c1-18-11-6-5-10(8-12(11)19-2)9-14-15-21(16,17)13-4-3-7-20-13/h3-9,15H,1-2H3/b14-9+. The van der Waals surface area contributed by atoms with Crippen LogP contribution in [0.15, 0.2) is 45.0 Å². The molecule has 0 aliphatic rings. The lowest BCUT2D eigenvalue weighted by atomic mass is 10.2. The highest BCUT2D eigenvalue weighted by molar-refractivity contribution is 7.91. The van der Waals surface area contributed by atoms with Crippen molar-refractivity contribution in [1.29, 1.82) is 0 Å². The van der Waals surface area contributed by atoms with E-state index in [2.05, 4.69) is 9.93 Å². The molecule has 1 heterocycles. The molecule has 8 heteroatoms. The molecule has 0 bridgehead atoms. The number of thiophene rings is 1. The quantitative estimate of drug-likeness (QED) is 0.651. The van der Waals surface area contributed by atoms with Crippen molar-refractivity contribution in [2.75, 3.05) is 14.2 Å². The van der Waals surface area contributed by atoms with Crippen molar-refractivity contribution in [1.82, 2.24) is 4.83 Å². The first-order chi connectivity index (χ1) is 10.1. The molecule has 21 heavy (non-hydrogen) atoms. The number of methoxy groups -OCH3 is 2. The fourth-order valence-electron chi connectivity index (χ4n) is 1.56. The van der Waals surface area contributed by atoms with Gasteiger partial charge in [0.05, 0.1) is 20.4 Å². The van der Waals surface area contributed by atoms with E-state index in [-0.39, 0.29) is 4.21 Å². The molecule has 6 nitrogen and oxygen atoms in total. The average molecular weight is 326 g/mol. The topological polar surface area (TPSA) is 77.0 Å². The average Bonchev–Trinajstić information content (AvgIpc) is 3.02. The third-order valence-electron chi connectivity index (χ3n) is 2.55. The third kappa shape index (κ3) is 3.73. The summed E-state index contributed by atoms with van der Waals surface area (Å²) in [6.45, 7) is 0. The first kappa shape index (κ1) is 15.3. The van der Waals surface area contributed by atoms with Crippen molar-refractivity contribution in [2.45, 2.75) is 4.21 Å². The Morgan fingerprint density at radius 2 is 1.95 bits per heavy atom. The van der Waals surface area contributed by atoms with Gasteiger partial charge in [-0.05, 0) is 35.2 Å². The molecular weight excluding hydrogens is 312 g/mol. The largest absolute Gasteiger partial charge is 0.493 e. The van der Waals surface area contributed by atoms with Crippen molar-refractivity contribution >= 4 is 27.6 Å². The molecule has 1 N–H and O–H groups in total. The highest BCUT2D eigenvalue weighted by Gasteiger charge is 2.13. The van der Waals surface area contributed by atoms with E-state index in [0.29, 0.717) is 17.1 Å². The van der Waals surface area contributed by atoms with Gasteiger partial charge in [-0.3, -0.25) is 0 Å². The van der Waals surface area contributed by atoms with Crippen molar-refractivity contribution in [3.63, 3.8) is 0 Å². The van der Waals surface area contributed by atoms with Gasteiger partial charge in [-0.1, -0.05) is 6.07 Å². The minimum absolute atomic E-state index is 0.215. The van der Waals surface area contributed by atoms with Gasteiger partial charge < -0.3 is 9.47 Å². The van der Waals surface area contributed by atoms with Crippen LogP contribution in [-0.2, 0) is 10.0 Å². The molecule has 0 saturated heterocycles. The van der Waals surface area contributed by atoms with Crippen LogP contribution >= 0.6 is 11.3 Å². The van der Waals surface area contributed by atoms with Crippen LogP contribution in [0.1, 0.15) is 5.56 Å². The Morgan fingerprint density at radius 3 is 2.57 bits per heavy atom. The Balaban J connectivity index is 2.12. The predicted molar refractivity (Wildman–Crippen MR) is 81.8 cm³/mol. The van der Waals surface area contributed by atoms with Gasteiger partial charge in [0.25, 0.3) is 10.0 Å². The first-order valence-corrected chi connectivity index (χ1v) is 8.23. The summed E-state index contributed by atoms with van der Waals surface area (Å²) in [4.78, 5) is 2.16. The lowest BCUT2D eigenvalue weighted by Crippen LogP contribution is -2.17. The van der Waals surface area contributed by atoms with Gasteiger partial charge in [-0.15, -0.1) is 11.3 Å². The second-order valence-electron chi connectivity index (χ2n) is 3.90. The molecule has 0 radical (unpaired) electrons. The highest BCUT2D eigenvalue weighted by atomic mass is 32.2. The number of nitrogens with zero attached hydrogens (tertiary/aromatic N) is 1. The summed E-state index contributed by atoms with van der Waals surface area (Å²) in [6, 6.07) is 8.33. The zero-order valence-corrected chi connectivity index (χ0v) is 13.1. The fraction of sp³-hybridized carbons (Fsp3) is 0.154. The normalized spacial score (nSPS) is 11.5. The Morgan fingerprint density at radius 1 is 1.19 bits per heavy atom. The van der Waals surface area contributed by atoms with E-state index in [9.17, 15) is 8.42 Å². The van der Waals surface area contributed by atoms with E-state index in [1.54, 1.807) is 36.8 Å². The van der Waals surface area contributed by atoms with Crippen LogP contribution in [0.4, 0.5) is 0 Å². The monoisotopic (exact) mass is 326 g/mol. The molecule has 0 spiro atoms. The summed E-state index contributed by atoms with van der Waals surface area (Å²) in [5.74, 6) is 1.14. The number of hydrazone groups is 1. The minimum atomic E-state index is -3.60. The Hall–Kier alpha value is -2.06. The number of hydrogen-bond donors (Lipinski definition) is 1. The van der Waals surface area contributed by atoms with Gasteiger partial charge >= 0.3 is 0 Å². The highest BCUT2D eigenvalue weighted by Crippen LogP contribution is 2.26. The van der Waals surface area contributed by atoms with E-state index in [0.717, 1.165) is 11.3 Å². The number of nitrogens with one attached hydrogen (secondary N) is 1. The lowest BCUT2D eigenvalue weighted by molar-refractivity contribution is 0.355. The summed E-state index contributed by atoms with van der Waals surface area (Å²) in [7, 11) is -0.532. The predicted octanol–water partition coefficient (Wildman–Crippen LogP) is 2.08. The maximum absolute atomic E-state index is 11.8. The summed E-state index contributed by atoms with van der Waals surface area (Å²) in [6.07, 6.45) is 1.40. The van der Waals surface area contributed by atoms with Gasteiger partial charge in [0, 0.05) is 0 Å². The van der Waals surface area contributed by atoms with Crippen LogP contribution < -0.4 is 14.3 Å². The number of hydrogen-bond acceptors (Lipinski definition) is 6. The molecule has 0 aliphatic heterocycles. The van der Waals surface area contributed by atoms with Crippen molar-refractivity contribution < 1.29 is 17.9 Å². The molecule has 2 aromatic rings. The van der Waals surface area contributed by atoms with E-state index < -0.39 is 10.0 Å². The number of rotatable bonds is 6. The van der Waals surface area contributed by atoms with Crippen LogP contribution in [0.25, 0.3) is 0 Å². The number of benzene rings is 1. The number of ether oxygens (including phenoxy) is 2. The third-order valence-corrected chi connectivity index (χ3v) is 5.17. The first-order valence-electron chi connectivity index (χ1n) is 5.87. The maximum atomic E-state index is 11.8. The molecule has 0 fully saturated rings. The molecular formula is C13H14N2O4S2. The fourth-order valence-corrected chi connectivity index (χ4v) is 3.34. The lowest BCUT2D eigenvalue weighted by Gasteiger charge is -2.07. The van der Waals surface area contributed by atoms with Gasteiger partial charge in [0.2, 0.25) is 0 Å². The Kier molecular flexibility index (Phi) is 4.81. The molecule has 0 amide bonds. The van der Waals surface area contributed by atoms with Crippen LogP contribution in [0.3, 0.4) is 0 Å². The summed E-state index contributed by atoms with van der Waals surface area (Å²) in [5.41, 5.74) is 0.682. The zero-order valence-electron chi connectivity index (χ0n) is 11.4. The van der Waals surface area contributed by atoms with Gasteiger partial charge in [-0.25, -0.2) is 0 Å². The van der Waals surface area contributed by atoms with Crippen molar-refractivity contribution in [3.05, 3.63) is 41.3 Å². The molecule has 0 unspecified atom stereocenters. The van der Waals surface area contributed by atoms with E-state index in [4.69, 9.17) is 9.47 Å². The van der Waals surface area contributed by atoms with Gasteiger partial charge in [0.15, 0.2) is 11.5 Å². The minimum Gasteiger partial charge on any atom is -0.493 e. The molecule has 0 saturated carbocycles. The van der Waals surface area contributed by atoms with E-state index >= 15 is 0 Å². The molecule has 2 rings (SSSR count). The zero-order chi connectivity index (χ0) is 15.3. The molecule has 112 valence electrons. The second-order valence-corrected chi connectivity index (χ2v) is 6.73. The van der Waals surface area contributed by atoms with Crippen LogP contribution in [0, 0.1) is 0 Å². The van der Waals surface area contributed by atoms with Crippen molar-refractivity contribution in [2.24, 2.45) is 5.10 Å². The van der Waals surface area contributed by atoms with E-state index in [1.807, 2.05) is 0 Å². The molecule has 0 aliphatic carbocycles. The van der Waals surface area contributed by atoms with Crippen LogP contribution in [0.5, 0.6) is 11.5 Å². The smallest absolute Gasteiger partial charge is 0.286 e. The summed E-state index contributed by atoms with van der Waals surface area (Å²) in [5, 5.41) is 5.43. The summed E-state index contributed by atoms with van der Waals surface area (Å²) >= 11 is 1.13. The van der Waals surface area contributed by atoms with E-state index in [1.165, 1.54) is 19.4 Å². The Bertz CT molecular complexity index is 725. The van der Waals surface area contributed by atoms with Gasteiger partial charge in [0.1, 0.15) is 4.21 Å². The Labute approximate surface area is 127 Å². The molecule has 1 aromatic carbocycles. The molecule has 1 aromatic heterocycles. The van der Waals surface area contributed by atoms with Crippen molar-refractivity contribution in [3.8, 4) is 11.5 Å². The second kappa shape index (κ2) is 6.59. The maximum Gasteiger partial charge on any atom is 0.286 e. The summed E-state index contributed by atoms with van der Waals surface area (Å²) < 4.78 is 34.2. The SMILES string of the molecule is COc1ccc(/C=N/NS(=O)(=O)c2cccs2)cc1OC. The molecule has 0 atom stereocenters. The number of sulfonamides is 1. The van der Waals surface area contributed by atoms with Crippen LogP contribution in [0.2, 0.25) is 0 Å². The van der Waals surface area contributed by atoms with Crippen LogP contribution in [-0.4, -0.2) is 28.9 Å².